The van der Waals surface area contributed by atoms with E-state index in [1.54, 1.807) is 12.1 Å². The summed E-state index contributed by atoms with van der Waals surface area (Å²) < 4.78 is 19.1. The van der Waals surface area contributed by atoms with E-state index in [2.05, 4.69) is 10.2 Å². The van der Waals surface area contributed by atoms with Crippen LogP contribution in [0.1, 0.15) is 24.3 Å². The Labute approximate surface area is 159 Å². The van der Waals surface area contributed by atoms with Crippen LogP contribution in [-0.4, -0.2) is 43.2 Å². The van der Waals surface area contributed by atoms with Crippen LogP contribution in [0.4, 0.5) is 10.1 Å². The van der Waals surface area contributed by atoms with E-state index in [0.29, 0.717) is 12.5 Å². The van der Waals surface area contributed by atoms with Gasteiger partial charge in [0.25, 0.3) is 0 Å². The molecule has 0 spiro atoms. The summed E-state index contributed by atoms with van der Waals surface area (Å²) in [7, 11) is 0. The van der Waals surface area contributed by atoms with E-state index in [9.17, 15) is 9.18 Å². The highest BCUT2D eigenvalue weighted by atomic mass is 19.1. The Balaban J connectivity index is 1.45. The molecule has 2 aromatic rings. The lowest BCUT2D eigenvalue weighted by atomic mass is 9.85. The number of anilines is 1. The summed E-state index contributed by atoms with van der Waals surface area (Å²) in [4.78, 5) is 15.4. The van der Waals surface area contributed by atoms with Crippen molar-refractivity contribution in [2.45, 2.75) is 24.9 Å². The summed E-state index contributed by atoms with van der Waals surface area (Å²) in [5, 5.41) is 3.24. The van der Waals surface area contributed by atoms with Crippen molar-refractivity contribution >= 4 is 11.7 Å². The number of rotatable bonds is 6. The third kappa shape index (κ3) is 4.30. The molecule has 3 heterocycles. The van der Waals surface area contributed by atoms with E-state index in [1.165, 1.54) is 12.1 Å². The first-order valence-electron chi connectivity index (χ1n) is 9.66. The summed E-state index contributed by atoms with van der Waals surface area (Å²) in [6, 6.07) is 15.9. The Morgan fingerprint density at radius 2 is 1.81 bits per heavy atom. The number of carbonyl (C=O) groups is 1. The number of esters is 1. The van der Waals surface area contributed by atoms with Gasteiger partial charge >= 0.3 is 5.97 Å². The topological polar surface area (TPSA) is 41.6 Å². The van der Waals surface area contributed by atoms with Crippen LogP contribution in [0.5, 0.6) is 0 Å². The molecule has 2 aromatic carbocycles. The SMILES string of the molecule is O=C(O[C@H]1CN2CCC1CC2)C(CNc1ccc(F)cc1)c1ccccc1. The van der Waals surface area contributed by atoms with Crippen molar-refractivity contribution < 1.29 is 13.9 Å². The Hall–Kier alpha value is -2.40. The van der Waals surface area contributed by atoms with E-state index in [-0.39, 0.29) is 17.9 Å². The van der Waals surface area contributed by atoms with Gasteiger partial charge in [0.15, 0.2) is 0 Å². The molecule has 5 heteroatoms. The number of ether oxygens (including phenoxy) is 1. The fourth-order valence-corrected chi connectivity index (χ4v) is 4.09. The van der Waals surface area contributed by atoms with Crippen molar-refractivity contribution in [1.29, 1.82) is 0 Å². The molecule has 27 heavy (non-hydrogen) atoms. The minimum Gasteiger partial charge on any atom is -0.460 e. The molecule has 0 aliphatic carbocycles. The van der Waals surface area contributed by atoms with Crippen molar-refractivity contribution in [3.05, 3.63) is 66.0 Å². The number of fused-ring (bicyclic) bond motifs is 3. The fraction of sp³-hybridized carbons (Fsp3) is 0.409. The van der Waals surface area contributed by atoms with E-state index >= 15 is 0 Å². The number of benzene rings is 2. The molecule has 1 unspecified atom stereocenters. The Bertz CT molecular complexity index is 758. The predicted molar refractivity (Wildman–Crippen MR) is 103 cm³/mol. The van der Waals surface area contributed by atoms with Gasteiger partial charge in [0, 0.05) is 18.8 Å². The summed E-state index contributed by atoms with van der Waals surface area (Å²) in [6.45, 7) is 3.50. The first-order chi connectivity index (χ1) is 13.2. The molecule has 1 N–H and O–H groups in total. The van der Waals surface area contributed by atoms with Crippen LogP contribution in [0.15, 0.2) is 54.6 Å². The first-order valence-corrected chi connectivity index (χ1v) is 9.66. The number of nitrogens with zero attached hydrogens (tertiary/aromatic N) is 1. The summed E-state index contributed by atoms with van der Waals surface area (Å²) >= 11 is 0. The third-order valence-corrected chi connectivity index (χ3v) is 5.70. The smallest absolute Gasteiger partial charge is 0.315 e. The number of halogens is 1. The highest BCUT2D eigenvalue weighted by molar-refractivity contribution is 5.79. The number of hydrogen-bond acceptors (Lipinski definition) is 4. The molecule has 2 atom stereocenters. The fourth-order valence-electron chi connectivity index (χ4n) is 4.09. The number of piperidine rings is 3. The van der Waals surface area contributed by atoms with Crippen LogP contribution >= 0.6 is 0 Å². The molecule has 4 nitrogen and oxygen atoms in total. The van der Waals surface area contributed by atoms with Gasteiger partial charge in [-0.3, -0.25) is 9.69 Å². The lowest BCUT2D eigenvalue weighted by molar-refractivity contribution is -0.160. The Kier molecular flexibility index (Phi) is 5.39. The molecule has 0 amide bonds. The van der Waals surface area contributed by atoms with Crippen molar-refractivity contribution in [3.63, 3.8) is 0 Å². The molecule has 3 aliphatic heterocycles. The van der Waals surface area contributed by atoms with Gasteiger partial charge in [0.05, 0.1) is 5.92 Å². The van der Waals surface area contributed by atoms with Crippen LogP contribution in [0, 0.1) is 11.7 Å². The maximum absolute atomic E-state index is 13.1. The zero-order valence-electron chi connectivity index (χ0n) is 15.3. The van der Waals surface area contributed by atoms with Crippen LogP contribution < -0.4 is 5.32 Å². The zero-order chi connectivity index (χ0) is 18.6. The Morgan fingerprint density at radius 3 is 2.44 bits per heavy atom. The Morgan fingerprint density at radius 1 is 1.11 bits per heavy atom. The molecule has 5 rings (SSSR count). The molecular formula is C22H25FN2O2. The minimum absolute atomic E-state index is 0.00275. The lowest BCUT2D eigenvalue weighted by Gasteiger charge is -2.44. The molecule has 3 aliphatic rings. The summed E-state index contributed by atoms with van der Waals surface area (Å²) in [6.07, 6.45) is 2.22. The molecule has 2 bridgehead atoms. The third-order valence-electron chi connectivity index (χ3n) is 5.70. The van der Waals surface area contributed by atoms with Crippen molar-refractivity contribution in [2.75, 3.05) is 31.5 Å². The average Bonchev–Trinajstić information content (AvgIpc) is 2.71. The van der Waals surface area contributed by atoms with Gasteiger partial charge < -0.3 is 10.1 Å². The van der Waals surface area contributed by atoms with E-state index in [1.807, 2.05) is 30.3 Å². The molecule has 142 valence electrons. The minimum atomic E-state index is -0.397. The second-order valence-corrected chi connectivity index (χ2v) is 7.46. The molecule has 0 radical (unpaired) electrons. The van der Waals surface area contributed by atoms with Crippen molar-refractivity contribution in [2.24, 2.45) is 5.92 Å². The van der Waals surface area contributed by atoms with Crippen molar-refractivity contribution in [1.82, 2.24) is 4.90 Å². The monoisotopic (exact) mass is 368 g/mol. The molecule has 3 fully saturated rings. The molecule has 0 saturated carbocycles. The highest BCUT2D eigenvalue weighted by Gasteiger charge is 2.37. The zero-order valence-corrected chi connectivity index (χ0v) is 15.3. The van der Waals surface area contributed by atoms with Gasteiger partial charge in [-0.2, -0.15) is 0 Å². The van der Waals surface area contributed by atoms with Crippen LogP contribution in [0.2, 0.25) is 0 Å². The van der Waals surface area contributed by atoms with E-state index < -0.39 is 5.92 Å². The highest BCUT2D eigenvalue weighted by Crippen LogP contribution is 2.31. The standard InChI is InChI=1S/C22H25FN2O2/c23-18-6-8-19(9-7-18)24-14-20(16-4-2-1-3-5-16)22(26)27-21-15-25-12-10-17(21)11-13-25/h1-9,17,20-21,24H,10-15H2/t20?,21-/m0/s1. The number of hydrogen-bond donors (Lipinski definition) is 1. The first kappa shape index (κ1) is 18.0. The van der Waals surface area contributed by atoms with E-state index in [0.717, 1.165) is 43.7 Å². The second-order valence-electron chi connectivity index (χ2n) is 7.46. The van der Waals surface area contributed by atoms with E-state index in [4.69, 9.17) is 4.74 Å². The largest absolute Gasteiger partial charge is 0.460 e. The number of nitrogens with one attached hydrogen (secondary N) is 1. The summed E-state index contributed by atoms with van der Waals surface area (Å²) in [5.41, 5.74) is 1.71. The van der Waals surface area contributed by atoms with Gasteiger partial charge in [-0.15, -0.1) is 0 Å². The van der Waals surface area contributed by atoms with Gasteiger partial charge in [0.1, 0.15) is 11.9 Å². The molecule has 0 aromatic heterocycles. The maximum Gasteiger partial charge on any atom is 0.315 e. The van der Waals surface area contributed by atoms with Gasteiger partial charge in [-0.1, -0.05) is 30.3 Å². The average molecular weight is 368 g/mol. The lowest BCUT2D eigenvalue weighted by Crippen LogP contribution is -2.52. The molecular weight excluding hydrogens is 343 g/mol. The normalized spacial score (nSPS) is 25.0. The number of carbonyl (C=O) groups excluding carboxylic acids is 1. The van der Waals surface area contributed by atoms with Crippen LogP contribution in [0.3, 0.4) is 0 Å². The van der Waals surface area contributed by atoms with Gasteiger partial charge in [-0.05, 0) is 61.7 Å². The summed E-state index contributed by atoms with van der Waals surface area (Å²) in [5.74, 6) is -0.372. The van der Waals surface area contributed by atoms with Gasteiger partial charge in [0.2, 0.25) is 0 Å². The van der Waals surface area contributed by atoms with Crippen LogP contribution in [0.25, 0.3) is 0 Å². The predicted octanol–water partition coefficient (Wildman–Crippen LogP) is 3.66. The van der Waals surface area contributed by atoms with Gasteiger partial charge in [-0.25, -0.2) is 4.39 Å². The van der Waals surface area contributed by atoms with Crippen LogP contribution in [-0.2, 0) is 9.53 Å². The quantitative estimate of drug-likeness (QED) is 0.790. The van der Waals surface area contributed by atoms with Crippen molar-refractivity contribution in [3.8, 4) is 0 Å². The molecule has 3 saturated heterocycles. The maximum atomic E-state index is 13.1. The second kappa shape index (κ2) is 8.09.